The Kier molecular flexibility index (Phi) is 3.12. The molecule has 1 aromatic carbocycles. The summed E-state index contributed by atoms with van der Waals surface area (Å²) in [6.07, 6.45) is 3.28. The molecule has 0 spiro atoms. The first-order chi connectivity index (χ1) is 7.15. The Hall–Kier alpha value is -0.410. The highest BCUT2D eigenvalue weighted by Gasteiger charge is 2.42. The van der Waals surface area contributed by atoms with Gasteiger partial charge in [-0.25, -0.2) is 4.39 Å². The third-order valence-electron chi connectivity index (χ3n) is 3.09. The van der Waals surface area contributed by atoms with Gasteiger partial charge in [0.15, 0.2) is 0 Å². The van der Waals surface area contributed by atoms with E-state index in [0.717, 1.165) is 23.0 Å². The third kappa shape index (κ3) is 2.58. The lowest BCUT2D eigenvalue weighted by molar-refractivity contribution is 0.465. The largest absolute Gasteiger partial charge is 0.319 e. The quantitative estimate of drug-likeness (QED) is 0.888. The Morgan fingerprint density at radius 3 is 2.73 bits per heavy atom. The Labute approximate surface area is 98.2 Å². The van der Waals surface area contributed by atoms with E-state index in [0.29, 0.717) is 5.41 Å². The molecule has 0 radical (unpaired) electrons. The lowest BCUT2D eigenvalue weighted by Crippen LogP contribution is -2.22. The van der Waals surface area contributed by atoms with Gasteiger partial charge in [-0.2, -0.15) is 0 Å². The van der Waals surface area contributed by atoms with E-state index in [2.05, 4.69) is 21.2 Å². The fourth-order valence-electron chi connectivity index (χ4n) is 2.04. The van der Waals surface area contributed by atoms with Gasteiger partial charge >= 0.3 is 0 Å². The van der Waals surface area contributed by atoms with Crippen molar-refractivity contribution in [3.8, 4) is 0 Å². The molecule has 0 bridgehead atoms. The van der Waals surface area contributed by atoms with E-state index in [9.17, 15) is 4.39 Å². The summed E-state index contributed by atoms with van der Waals surface area (Å²) in [6, 6.07) is 5.34. The van der Waals surface area contributed by atoms with Crippen molar-refractivity contribution in [2.45, 2.75) is 19.3 Å². The number of halogens is 2. The lowest BCUT2D eigenvalue weighted by Gasteiger charge is -2.14. The number of benzene rings is 1. The molecule has 0 aliphatic heterocycles. The molecule has 3 heteroatoms. The molecule has 1 saturated carbocycles. The highest BCUT2D eigenvalue weighted by Crippen LogP contribution is 2.48. The van der Waals surface area contributed by atoms with Gasteiger partial charge in [0.05, 0.1) is 0 Å². The molecule has 1 aromatic rings. The van der Waals surface area contributed by atoms with Gasteiger partial charge in [0.1, 0.15) is 5.82 Å². The molecule has 1 N–H and O–H groups in total. The maximum atomic E-state index is 13.6. The maximum Gasteiger partial charge on any atom is 0.127 e. The van der Waals surface area contributed by atoms with E-state index in [1.807, 2.05) is 19.2 Å². The summed E-state index contributed by atoms with van der Waals surface area (Å²) in [4.78, 5) is 0. The summed E-state index contributed by atoms with van der Waals surface area (Å²) >= 11 is 3.27. The predicted molar refractivity (Wildman–Crippen MR) is 63.4 cm³/mol. The van der Waals surface area contributed by atoms with E-state index in [1.165, 1.54) is 12.8 Å². The molecule has 1 fully saturated rings. The van der Waals surface area contributed by atoms with Gasteiger partial charge in [-0.1, -0.05) is 22.0 Å². The predicted octanol–water partition coefficient (Wildman–Crippen LogP) is 3.13. The highest BCUT2D eigenvalue weighted by molar-refractivity contribution is 9.10. The summed E-state index contributed by atoms with van der Waals surface area (Å²) in [5, 5.41) is 3.19. The fourth-order valence-corrected chi connectivity index (χ4v) is 2.37. The van der Waals surface area contributed by atoms with Crippen molar-refractivity contribution < 1.29 is 4.39 Å². The highest BCUT2D eigenvalue weighted by atomic mass is 79.9. The number of rotatable bonds is 4. The summed E-state index contributed by atoms with van der Waals surface area (Å²) in [6.45, 7) is 0.989. The van der Waals surface area contributed by atoms with Crippen LogP contribution in [0.3, 0.4) is 0 Å². The standard InChI is InChI=1S/C12H15BrFN/c1-15-8-12(4-5-12)7-9-2-3-10(13)6-11(9)14/h2-3,6,15H,4-5,7-8H2,1H3. The van der Waals surface area contributed by atoms with Crippen molar-refractivity contribution in [2.75, 3.05) is 13.6 Å². The Bertz CT molecular complexity index is 361. The molecular formula is C12H15BrFN. The van der Waals surface area contributed by atoms with Gasteiger partial charge in [0.2, 0.25) is 0 Å². The minimum atomic E-state index is -0.0910. The topological polar surface area (TPSA) is 12.0 Å². The van der Waals surface area contributed by atoms with Gasteiger partial charge in [0.25, 0.3) is 0 Å². The van der Waals surface area contributed by atoms with Crippen LogP contribution in [-0.2, 0) is 6.42 Å². The van der Waals surface area contributed by atoms with Crippen molar-refractivity contribution in [3.05, 3.63) is 34.1 Å². The minimum Gasteiger partial charge on any atom is -0.319 e. The zero-order chi connectivity index (χ0) is 10.9. The zero-order valence-corrected chi connectivity index (χ0v) is 10.4. The van der Waals surface area contributed by atoms with E-state index in [4.69, 9.17) is 0 Å². The molecule has 0 amide bonds. The number of hydrogen-bond donors (Lipinski definition) is 1. The summed E-state index contributed by atoms with van der Waals surface area (Å²) < 4.78 is 14.4. The molecule has 1 aliphatic rings. The van der Waals surface area contributed by atoms with Gasteiger partial charge < -0.3 is 5.32 Å². The molecule has 0 saturated heterocycles. The molecule has 1 nitrogen and oxygen atoms in total. The number of hydrogen-bond acceptors (Lipinski definition) is 1. The number of nitrogens with one attached hydrogen (secondary N) is 1. The van der Waals surface area contributed by atoms with E-state index >= 15 is 0 Å². The van der Waals surface area contributed by atoms with E-state index < -0.39 is 0 Å². The van der Waals surface area contributed by atoms with Crippen molar-refractivity contribution in [1.82, 2.24) is 5.32 Å². The van der Waals surface area contributed by atoms with Gasteiger partial charge in [0, 0.05) is 11.0 Å². The molecule has 0 heterocycles. The average Bonchev–Trinajstić information content (AvgIpc) is 2.91. The van der Waals surface area contributed by atoms with Crippen LogP contribution in [0.1, 0.15) is 18.4 Å². The van der Waals surface area contributed by atoms with Crippen LogP contribution in [0.15, 0.2) is 22.7 Å². The van der Waals surface area contributed by atoms with Crippen molar-refractivity contribution in [3.63, 3.8) is 0 Å². The summed E-state index contributed by atoms with van der Waals surface area (Å²) in [5.74, 6) is -0.0910. The van der Waals surface area contributed by atoms with Crippen molar-refractivity contribution >= 4 is 15.9 Å². The van der Waals surface area contributed by atoms with Crippen LogP contribution >= 0.6 is 15.9 Å². The molecule has 15 heavy (non-hydrogen) atoms. The van der Waals surface area contributed by atoms with Crippen molar-refractivity contribution in [2.24, 2.45) is 5.41 Å². The Balaban J connectivity index is 2.11. The maximum absolute atomic E-state index is 13.6. The van der Waals surface area contributed by atoms with Gasteiger partial charge in [-0.05, 0) is 49.4 Å². The first kappa shape index (κ1) is 11.1. The molecule has 1 aliphatic carbocycles. The molecule has 0 aromatic heterocycles. The average molecular weight is 272 g/mol. The van der Waals surface area contributed by atoms with Crippen LogP contribution in [0.25, 0.3) is 0 Å². The Morgan fingerprint density at radius 2 is 2.20 bits per heavy atom. The SMILES string of the molecule is CNCC1(Cc2ccc(Br)cc2F)CC1. The Morgan fingerprint density at radius 1 is 1.47 bits per heavy atom. The molecule has 2 rings (SSSR count). The second-order valence-electron chi connectivity index (χ2n) is 4.44. The second-order valence-corrected chi connectivity index (χ2v) is 5.36. The summed E-state index contributed by atoms with van der Waals surface area (Å²) in [5.41, 5.74) is 1.16. The first-order valence-corrected chi connectivity index (χ1v) is 6.03. The normalized spacial score (nSPS) is 17.8. The molecule has 0 unspecified atom stereocenters. The third-order valence-corrected chi connectivity index (χ3v) is 3.58. The molecular weight excluding hydrogens is 257 g/mol. The van der Waals surface area contributed by atoms with Gasteiger partial charge in [-0.15, -0.1) is 0 Å². The first-order valence-electron chi connectivity index (χ1n) is 5.24. The van der Waals surface area contributed by atoms with E-state index in [-0.39, 0.29) is 5.82 Å². The van der Waals surface area contributed by atoms with Crippen molar-refractivity contribution in [1.29, 1.82) is 0 Å². The zero-order valence-electron chi connectivity index (χ0n) is 8.82. The lowest BCUT2D eigenvalue weighted by atomic mass is 9.96. The summed E-state index contributed by atoms with van der Waals surface area (Å²) in [7, 11) is 1.96. The van der Waals surface area contributed by atoms with Crippen LogP contribution in [0.2, 0.25) is 0 Å². The van der Waals surface area contributed by atoms with E-state index in [1.54, 1.807) is 6.07 Å². The molecule has 0 atom stereocenters. The van der Waals surface area contributed by atoms with Crippen LogP contribution in [-0.4, -0.2) is 13.6 Å². The van der Waals surface area contributed by atoms with Gasteiger partial charge in [-0.3, -0.25) is 0 Å². The minimum absolute atomic E-state index is 0.0910. The van der Waals surface area contributed by atoms with Crippen LogP contribution in [0.4, 0.5) is 4.39 Å². The van der Waals surface area contributed by atoms with Crippen LogP contribution in [0, 0.1) is 11.2 Å². The fraction of sp³-hybridized carbons (Fsp3) is 0.500. The second kappa shape index (κ2) is 4.22. The smallest absolute Gasteiger partial charge is 0.127 e. The van der Waals surface area contributed by atoms with Crippen LogP contribution < -0.4 is 5.32 Å². The van der Waals surface area contributed by atoms with Crippen LogP contribution in [0.5, 0.6) is 0 Å². The monoisotopic (exact) mass is 271 g/mol. The molecule has 82 valence electrons.